The molecule has 2 rings (SSSR count). The lowest BCUT2D eigenvalue weighted by molar-refractivity contribution is -0.142. The standard InChI is InChI=1S/C15H21ClN2O2/c1-11(2)17-6-8-18(9-7-17)15(20)14(19)12-4-3-5-13(16)10-12/h3-5,10-11,14,19H,6-9H2,1-2H3. The van der Waals surface area contributed by atoms with E-state index < -0.39 is 6.10 Å². The summed E-state index contributed by atoms with van der Waals surface area (Å²) in [5, 5.41) is 10.7. The van der Waals surface area contributed by atoms with E-state index in [1.165, 1.54) is 0 Å². The van der Waals surface area contributed by atoms with E-state index >= 15 is 0 Å². The Balaban J connectivity index is 1.98. The molecule has 1 amide bonds. The molecule has 0 saturated carbocycles. The molecule has 1 N–H and O–H groups in total. The third-order valence-electron chi connectivity index (χ3n) is 3.75. The lowest BCUT2D eigenvalue weighted by Gasteiger charge is -2.37. The van der Waals surface area contributed by atoms with Crippen LogP contribution in [0.25, 0.3) is 0 Å². The lowest BCUT2D eigenvalue weighted by Crippen LogP contribution is -2.51. The summed E-state index contributed by atoms with van der Waals surface area (Å²) >= 11 is 5.89. The Morgan fingerprint density at radius 3 is 2.45 bits per heavy atom. The third-order valence-corrected chi connectivity index (χ3v) is 3.99. The van der Waals surface area contributed by atoms with Gasteiger partial charge in [0.05, 0.1) is 0 Å². The Morgan fingerprint density at radius 1 is 1.25 bits per heavy atom. The van der Waals surface area contributed by atoms with E-state index in [0.717, 1.165) is 13.1 Å². The van der Waals surface area contributed by atoms with Crippen LogP contribution in [-0.2, 0) is 4.79 Å². The van der Waals surface area contributed by atoms with Crippen LogP contribution in [0.15, 0.2) is 24.3 Å². The van der Waals surface area contributed by atoms with Crippen molar-refractivity contribution in [2.24, 2.45) is 0 Å². The molecular weight excluding hydrogens is 276 g/mol. The van der Waals surface area contributed by atoms with Gasteiger partial charge >= 0.3 is 0 Å². The van der Waals surface area contributed by atoms with Crippen LogP contribution in [0.2, 0.25) is 5.02 Å². The number of carbonyl (C=O) groups is 1. The van der Waals surface area contributed by atoms with Gasteiger partial charge in [0.15, 0.2) is 6.10 Å². The number of halogens is 1. The van der Waals surface area contributed by atoms with Gasteiger partial charge in [-0.1, -0.05) is 23.7 Å². The van der Waals surface area contributed by atoms with Crippen LogP contribution in [0, 0.1) is 0 Å². The van der Waals surface area contributed by atoms with E-state index in [9.17, 15) is 9.90 Å². The van der Waals surface area contributed by atoms with E-state index in [-0.39, 0.29) is 5.91 Å². The molecule has 110 valence electrons. The van der Waals surface area contributed by atoms with Gasteiger partial charge in [0.2, 0.25) is 0 Å². The van der Waals surface area contributed by atoms with Crippen molar-refractivity contribution in [2.75, 3.05) is 26.2 Å². The van der Waals surface area contributed by atoms with Crippen LogP contribution < -0.4 is 0 Å². The second kappa shape index (κ2) is 6.57. The predicted molar refractivity (Wildman–Crippen MR) is 79.7 cm³/mol. The summed E-state index contributed by atoms with van der Waals surface area (Å²) in [6.07, 6.45) is -1.13. The summed E-state index contributed by atoms with van der Waals surface area (Å²) in [5.74, 6) is -0.240. The molecule has 1 heterocycles. The second-order valence-electron chi connectivity index (χ2n) is 5.41. The molecule has 1 aromatic carbocycles. The number of benzene rings is 1. The highest BCUT2D eigenvalue weighted by Crippen LogP contribution is 2.20. The average Bonchev–Trinajstić information content (AvgIpc) is 2.46. The minimum absolute atomic E-state index is 0.240. The molecule has 1 unspecified atom stereocenters. The molecule has 1 atom stereocenters. The number of carbonyl (C=O) groups excluding carboxylic acids is 1. The first kappa shape index (κ1) is 15.3. The summed E-state index contributed by atoms with van der Waals surface area (Å²) in [7, 11) is 0. The highest BCUT2D eigenvalue weighted by atomic mass is 35.5. The summed E-state index contributed by atoms with van der Waals surface area (Å²) < 4.78 is 0. The number of hydrogen-bond acceptors (Lipinski definition) is 3. The number of piperazine rings is 1. The van der Waals surface area contributed by atoms with Crippen molar-refractivity contribution < 1.29 is 9.90 Å². The Kier molecular flexibility index (Phi) is 5.02. The van der Waals surface area contributed by atoms with Crippen molar-refractivity contribution in [3.8, 4) is 0 Å². The first-order chi connectivity index (χ1) is 9.49. The molecule has 1 aliphatic heterocycles. The quantitative estimate of drug-likeness (QED) is 0.927. The maximum atomic E-state index is 12.3. The Labute approximate surface area is 124 Å². The van der Waals surface area contributed by atoms with Crippen molar-refractivity contribution in [3.05, 3.63) is 34.9 Å². The molecule has 1 aliphatic rings. The van der Waals surface area contributed by atoms with Gasteiger partial charge in [-0.25, -0.2) is 0 Å². The van der Waals surface area contributed by atoms with Crippen molar-refractivity contribution in [1.29, 1.82) is 0 Å². The fraction of sp³-hybridized carbons (Fsp3) is 0.533. The summed E-state index contributed by atoms with van der Waals surface area (Å²) in [6.45, 7) is 7.33. The number of nitrogens with zero attached hydrogens (tertiary/aromatic N) is 2. The third kappa shape index (κ3) is 3.51. The molecule has 5 heteroatoms. The summed E-state index contributed by atoms with van der Waals surface area (Å²) in [5.41, 5.74) is 0.550. The van der Waals surface area contributed by atoms with Gasteiger partial charge < -0.3 is 10.0 Å². The van der Waals surface area contributed by atoms with Crippen LogP contribution in [0.5, 0.6) is 0 Å². The largest absolute Gasteiger partial charge is 0.378 e. The van der Waals surface area contributed by atoms with Crippen molar-refractivity contribution in [2.45, 2.75) is 26.0 Å². The highest BCUT2D eigenvalue weighted by Gasteiger charge is 2.27. The first-order valence-corrected chi connectivity index (χ1v) is 7.33. The van der Waals surface area contributed by atoms with E-state index in [2.05, 4.69) is 18.7 Å². The minimum Gasteiger partial charge on any atom is -0.378 e. The van der Waals surface area contributed by atoms with E-state index in [0.29, 0.717) is 29.7 Å². The van der Waals surface area contributed by atoms with Gasteiger partial charge in [0, 0.05) is 37.2 Å². The topological polar surface area (TPSA) is 43.8 Å². The van der Waals surface area contributed by atoms with Crippen LogP contribution in [0.4, 0.5) is 0 Å². The first-order valence-electron chi connectivity index (χ1n) is 6.95. The number of amides is 1. The van der Waals surface area contributed by atoms with Gasteiger partial charge in [-0.15, -0.1) is 0 Å². The van der Waals surface area contributed by atoms with E-state index in [1.54, 1.807) is 29.2 Å². The summed E-state index contributed by atoms with van der Waals surface area (Å²) in [4.78, 5) is 16.4. The van der Waals surface area contributed by atoms with Crippen LogP contribution in [-0.4, -0.2) is 53.0 Å². The van der Waals surface area contributed by atoms with Crippen molar-refractivity contribution in [3.63, 3.8) is 0 Å². The minimum atomic E-state index is -1.13. The SMILES string of the molecule is CC(C)N1CCN(C(=O)C(O)c2cccc(Cl)c2)CC1. The maximum absolute atomic E-state index is 12.3. The highest BCUT2D eigenvalue weighted by molar-refractivity contribution is 6.30. The Morgan fingerprint density at radius 2 is 1.90 bits per heavy atom. The smallest absolute Gasteiger partial charge is 0.256 e. The molecule has 4 nitrogen and oxygen atoms in total. The number of aliphatic hydroxyl groups is 1. The molecule has 20 heavy (non-hydrogen) atoms. The average molecular weight is 297 g/mol. The molecule has 0 radical (unpaired) electrons. The Bertz CT molecular complexity index is 471. The molecule has 1 aromatic rings. The van der Waals surface area contributed by atoms with Gasteiger partial charge in [-0.3, -0.25) is 9.69 Å². The van der Waals surface area contributed by atoms with Crippen LogP contribution >= 0.6 is 11.6 Å². The Hall–Kier alpha value is -1.10. The molecule has 0 aromatic heterocycles. The van der Waals surface area contributed by atoms with E-state index in [1.807, 2.05) is 0 Å². The zero-order chi connectivity index (χ0) is 14.7. The molecule has 0 bridgehead atoms. The van der Waals surface area contributed by atoms with Gasteiger partial charge in [-0.05, 0) is 31.5 Å². The van der Waals surface area contributed by atoms with Crippen LogP contribution in [0.1, 0.15) is 25.5 Å². The zero-order valence-corrected chi connectivity index (χ0v) is 12.7. The fourth-order valence-corrected chi connectivity index (χ4v) is 2.65. The summed E-state index contributed by atoms with van der Waals surface area (Å²) in [6, 6.07) is 7.31. The van der Waals surface area contributed by atoms with Crippen molar-refractivity contribution >= 4 is 17.5 Å². The van der Waals surface area contributed by atoms with Crippen LogP contribution in [0.3, 0.4) is 0 Å². The molecule has 0 aliphatic carbocycles. The number of hydrogen-bond donors (Lipinski definition) is 1. The fourth-order valence-electron chi connectivity index (χ4n) is 2.45. The normalized spacial score (nSPS) is 18.4. The van der Waals surface area contributed by atoms with Crippen molar-refractivity contribution in [1.82, 2.24) is 9.80 Å². The lowest BCUT2D eigenvalue weighted by atomic mass is 10.1. The second-order valence-corrected chi connectivity index (χ2v) is 5.85. The van der Waals surface area contributed by atoms with E-state index in [4.69, 9.17) is 11.6 Å². The molecule has 1 fully saturated rings. The monoisotopic (exact) mass is 296 g/mol. The molecule has 1 saturated heterocycles. The number of aliphatic hydroxyl groups excluding tert-OH is 1. The number of rotatable bonds is 3. The zero-order valence-electron chi connectivity index (χ0n) is 11.9. The van der Waals surface area contributed by atoms with Gasteiger partial charge in [-0.2, -0.15) is 0 Å². The molecule has 0 spiro atoms. The van der Waals surface area contributed by atoms with Gasteiger partial charge in [0.1, 0.15) is 0 Å². The maximum Gasteiger partial charge on any atom is 0.256 e. The molecular formula is C15H21ClN2O2. The van der Waals surface area contributed by atoms with Gasteiger partial charge in [0.25, 0.3) is 5.91 Å². The predicted octanol–water partition coefficient (Wildman–Crippen LogP) is 1.93.